The lowest BCUT2D eigenvalue weighted by molar-refractivity contribution is 0.158. The van der Waals surface area contributed by atoms with Gasteiger partial charge in [-0.1, -0.05) is 0 Å². The lowest BCUT2D eigenvalue weighted by Gasteiger charge is -2.36. The minimum absolute atomic E-state index is 0.359. The van der Waals surface area contributed by atoms with E-state index in [9.17, 15) is 8.42 Å². The van der Waals surface area contributed by atoms with Crippen molar-refractivity contribution in [2.24, 2.45) is 0 Å². The van der Waals surface area contributed by atoms with Crippen LogP contribution in [-0.4, -0.2) is 56.5 Å². The average molecular weight is 310 g/mol. The molecule has 0 N–H and O–H groups in total. The van der Waals surface area contributed by atoms with E-state index in [2.05, 4.69) is 4.90 Å². The van der Waals surface area contributed by atoms with Gasteiger partial charge in [0.15, 0.2) is 0 Å². The third-order valence-corrected chi connectivity index (χ3v) is 6.20. The SMILES string of the molecule is CCOc1ccc(S(=O)(=O)N2CCN3CCCC3C2)cc1. The van der Waals surface area contributed by atoms with E-state index in [0.717, 1.165) is 19.5 Å². The Kier molecular flexibility index (Phi) is 4.19. The van der Waals surface area contributed by atoms with Gasteiger partial charge in [-0.05, 0) is 50.6 Å². The van der Waals surface area contributed by atoms with E-state index in [1.807, 2.05) is 6.92 Å². The summed E-state index contributed by atoms with van der Waals surface area (Å²) in [5.74, 6) is 0.706. The molecule has 0 aliphatic carbocycles. The normalized spacial score (nSPS) is 24.0. The highest BCUT2D eigenvalue weighted by Gasteiger charge is 2.36. The predicted octanol–water partition coefficient (Wildman–Crippen LogP) is 1.55. The topological polar surface area (TPSA) is 49.9 Å². The van der Waals surface area contributed by atoms with Gasteiger partial charge in [0.05, 0.1) is 11.5 Å². The third-order valence-electron chi connectivity index (χ3n) is 4.32. The summed E-state index contributed by atoms with van der Waals surface area (Å²) in [5.41, 5.74) is 0. The van der Waals surface area contributed by atoms with E-state index in [1.54, 1.807) is 28.6 Å². The van der Waals surface area contributed by atoms with Crippen molar-refractivity contribution >= 4 is 10.0 Å². The predicted molar refractivity (Wildman–Crippen MR) is 81.0 cm³/mol. The number of piperazine rings is 1. The van der Waals surface area contributed by atoms with Crippen LogP contribution in [-0.2, 0) is 10.0 Å². The van der Waals surface area contributed by atoms with Gasteiger partial charge in [0.2, 0.25) is 10.0 Å². The number of benzene rings is 1. The number of sulfonamides is 1. The summed E-state index contributed by atoms with van der Waals surface area (Å²) in [6.45, 7) is 5.66. The Morgan fingerprint density at radius 2 is 1.95 bits per heavy atom. The number of fused-ring (bicyclic) bond motifs is 1. The molecule has 21 heavy (non-hydrogen) atoms. The molecular weight excluding hydrogens is 288 g/mol. The van der Waals surface area contributed by atoms with Crippen molar-refractivity contribution in [3.8, 4) is 5.75 Å². The van der Waals surface area contributed by atoms with Crippen LogP contribution in [0.4, 0.5) is 0 Å². The van der Waals surface area contributed by atoms with Gasteiger partial charge in [0.1, 0.15) is 5.75 Å². The zero-order chi connectivity index (χ0) is 14.9. The average Bonchev–Trinajstić information content (AvgIpc) is 2.95. The fourth-order valence-corrected chi connectivity index (χ4v) is 4.67. The molecule has 2 heterocycles. The molecule has 0 spiro atoms. The summed E-state index contributed by atoms with van der Waals surface area (Å²) in [6.07, 6.45) is 2.29. The van der Waals surface area contributed by atoms with Crippen LogP contribution in [0.15, 0.2) is 29.2 Å². The molecule has 116 valence electrons. The molecule has 2 aliphatic heterocycles. The van der Waals surface area contributed by atoms with Crippen LogP contribution in [0.25, 0.3) is 0 Å². The largest absolute Gasteiger partial charge is 0.494 e. The van der Waals surface area contributed by atoms with E-state index in [4.69, 9.17) is 4.74 Å². The van der Waals surface area contributed by atoms with Crippen LogP contribution < -0.4 is 4.74 Å². The summed E-state index contributed by atoms with van der Waals surface area (Å²) in [7, 11) is -3.38. The van der Waals surface area contributed by atoms with Crippen LogP contribution in [0, 0.1) is 0 Å². The molecule has 0 bridgehead atoms. The lowest BCUT2D eigenvalue weighted by Crippen LogP contribution is -2.51. The monoisotopic (exact) mass is 310 g/mol. The molecule has 0 aromatic heterocycles. The van der Waals surface area contributed by atoms with Crippen molar-refractivity contribution in [3.05, 3.63) is 24.3 Å². The lowest BCUT2D eigenvalue weighted by atomic mass is 10.2. The molecule has 0 radical (unpaired) electrons. The van der Waals surface area contributed by atoms with Crippen LogP contribution in [0.5, 0.6) is 5.75 Å². The highest BCUT2D eigenvalue weighted by Crippen LogP contribution is 2.26. The molecule has 1 atom stereocenters. The first-order chi connectivity index (χ1) is 10.1. The highest BCUT2D eigenvalue weighted by molar-refractivity contribution is 7.89. The second-order valence-electron chi connectivity index (χ2n) is 5.60. The van der Waals surface area contributed by atoms with Gasteiger partial charge in [-0.2, -0.15) is 4.31 Å². The molecule has 1 aromatic carbocycles. The maximum absolute atomic E-state index is 12.7. The van der Waals surface area contributed by atoms with Gasteiger partial charge in [0.25, 0.3) is 0 Å². The van der Waals surface area contributed by atoms with Crippen molar-refractivity contribution < 1.29 is 13.2 Å². The smallest absolute Gasteiger partial charge is 0.243 e. The summed E-state index contributed by atoms with van der Waals surface area (Å²) < 4.78 is 32.4. The Morgan fingerprint density at radius 3 is 2.67 bits per heavy atom. The fraction of sp³-hybridized carbons (Fsp3) is 0.600. The number of ether oxygens (including phenoxy) is 1. The summed E-state index contributed by atoms with van der Waals surface area (Å²) in [5, 5.41) is 0. The minimum atomic E-state index is -3.38. The van der Waals surface area contributed by atoms with Gasteiger partial charge in [-0.3, -0.25) is 4.90 Å². The quantitative estimate of drug-likeness (QED) is 0.847. The number of nitrogens with zero attached hydrogens (tertiary/aromatic N) is 2. The molecular formula is C15H22N2O3S. The van der Waals surface area contributed by atoms with Crippen LogP contribution in [0.1, 0.15) is 19.8 Å². The maximum atomic E-state index is 12.7. The van der Waals surface area contributed by atoms with E-state index < -0.39 is 10.0 Å². The first-order valence-corrected chi connectivity index (χ1v) is 9.02. The molecule has 1 unspecified atom stereocenters. The van der Waals surface area contributed by atoms with Crippen molar-refractivity contribution in [3.63, 3.8) is 0 Å². The van der Waals surface area contributed by atoms with Gasteiger partial charge in [0, 0.05) is 25.7 Å². The van der Waals surface area contributed by atoms with Gasteiger partial charge in [-0.25, -0.2) is 8.42 Å². The van der Waals surface area contributed by atoms with Crippen molar-refractivity contribution in [1.29, 1.82) is 0 Å². The number of rotatable bonds is 4. The summed E-state index contributed by atoms with van der Waals surface area (Å²) >= 11 is 0. The minimum Gasteiger partial charge on any atom is -0.494 e. The molecule has 0 saturated carbocycles. The Bertz CT molecular complexity index is 585. The summed E-state index contributed by atoms with van der Waals surface area (Å²) in [6, 6.07) is 7.13. The van der Waals surface area contributed by atoms with Crippen molar-refractivity contribution in [1.82, 2.24) is 9.21 Å². The molecule has 1 aromatic rings. The molecule has 5 nitrogen and oxygen atoms in total. The number of hydrogen-bond acceptors (Lipinski definition) is 4. The van der Waals surface area contributed by atoms with Crippen molar-refractivity contribution in [2.75, 3.05) is 32.8 Å². The maximum Gasteiger partial charge on any atom is 0.243 e. The molecule has 0 amide bonds. The van der Waals surface area contributed by atoms with E-state index in [-0.39, 0.29) is 0 Å². The second-order valence-corrected chi connectivity index (χ2v) is 7.54. The van der Waals surface area contributed by atoms with Gasteiger partial charge < -0.3 is 4.74 Å². The Balaban J connectivity index is 1.76. The van der Waals surface area contributed by atoms with E-state index in [1.165, 1.54) is 6.42 Å². The van der Waals surface area contributed by atoms with Crippen LogP contribution >= 0.6 is 0 Å². The first-order valence-electron chi connectivity index (χ1n) is 7.58. The Labute approximate surface area is 126 Å². The number of hydrogen-bond donors (Lipinski definition) is 0. The van der Waals surface area contributed by atoms with Crippen LogP contribution in [0.2, 0.25) is 0 Å². The second kappa shape index (κ2) is 5.94. The summed E-state index contributed by atoms with van der Waals surface area (Å²) in [4.78, 5) is 2.77. The Morgan fingerprint density at radius 1 is 1.19 bits per heavy atom. The molecule has 6 heteroatoms. The third kappa shape index (κ3) is 2.93. The van der Waals surface area contributed by atoms with Gasteiger partial charge >= 0.3 is 0 Å². The highest BCUT2D eigenvalue weighted by atomic mass is 32.2. The molecule has 2 aliphatic rings. The molecule has 2 saturated heterocycles. The van der Waals surface area contributed by atoms with E-state index in [0.29, 0.717) is 36.4 Å². The zero-order valence-corrected chi connectivity index (χ0v) is 13.2. The van der Waals surface area contributed by atoms with Crippen molar-refractivity contribution in [2.45, 2.75) is 30.7 Å². The standard InChI is InChI=1S/C15H22N2O3S/c1-2-20-14-5-7-15(8-6-14)21(18,19)17-11-10-16-9-3-4-13(16)12-17/h5-8,13H,2-4,9-12H2,1H3. The van der Waals surface area contributed by atoms with Gasteiger partial charge in [-0.15, -0.1) is 0 Å². The van der Waals surface area contributed by atoms with Crippen LogP contribution in [0.3, 0.4) is 0 Å². The first kappa shape index (κ1) is 14.8. The van der Waals surface area contributed by atoms with E-state index >= 15 is 0 Å². The fourth-order valence-electron chi connectivity index (χ4n) is 3.20. The Hall–Kier alpha value is -1.11. The molecule has 2 fully saturated rings. The zero-order valence-electron chi connectivity index (χ0n) is 12.4. The molecule has 3 rings (SSSR count).